The summed E-state index contributed by atoms with van der Waals surface area (Å²) < 4.78 is 6.86. The average Bonchev–Trinajstić information content (AvgIpc) is 2.73. The molecule has 3 aromatic rings. The maximum Gasteiger partial charge on any atom is 0.180 e. The Kier molecular flexibility index (Phi) is 7.70. The van der Waals surface area contributed by atoms with Crippen LogP contribution in [0.1, 0.15) is 16.7 Å². The van der Waals surface area contributed by atoms with E-state index in [0.29, 0.717) is 11.8 Å². The van der Waals surface area contributed by atoms with Gasteiger partial charge >= 0.3 is 0 Å². The van der Waals surface area contributed by atoms with Crippen LogP contribution in [0.4, 0.5) is 0 Å². The molecule has 0 radical (unpaired) electrons. The van der Waals surface area contributed by atoms with Crippen LogP contribution in [0, 0.1) is 0 Å². The molecule has 0 amide bonds. The van der Waals surface area contributed by atoms with Crippen molar-refractivity contribution in [1.29, 1.82) is 0 Å². The Morgan fingerprint density at radius 3 is 2.43 bits per heavy atom. The summed E-state index contributed by atoms with van der Waals surface area (Å²) >= 11 is 4.99. The normalized spacial score (nSPS) is 11.7. The van der Waals surface area contributed by atoms with Gasteiger partial charge in [0.2, 0.25) is 0 Å². The highest BCUT2D eigenvalue weighted by Gasteiger charge is 2.00. The van der Waals surface area contributed by atoms with E-state index in [1.54, 1.807) is 6.21 Å². The number of ether oxygens (including phenoxy) is 1. The highest BCUT2D eigenvalue weighted by Crippen LogP contribution is 2.19. The van der Waals surface area contributed by atoms with E-state index in [0.717, 1.165) is 27.1 Å². The predicted molar refractivity (Wildman–Crippen MR) is 122 cm³/mol. The molecule has 0 saturated carbocycles. The molecule has 0 aromatic heterocycles. The van der Waals surface area contributed by atoms with Crippen LogP contribution < -0.4 is 10.5 Å². The van der Waals surface area contributed by atoms with Gasteiger partial charge in [-0.3, -0.25) is 0 Å². The van der Waals surface area contributed by atoms with Crippen molar-refractivity contribution >= 4 is 39.1 Å². The molecule has 0 fully saturated rings. The number of rotatable bonds is 7. The molecule has 0 aliphatic heterocycles. The van der Waals surface area contributed by atoms with E-state index in [1.807, 2.05) is 66.7 Å². The van der Waals surface area contributed by atoms with Crippen LogP contribution in [0.5, 0.6) is 5.75 Å². The molecule has 0 bridgehead atoms. The van der Waals surface area contributed by atoms with E-state index in [2.05, 4.69) is 38.3 Å². The molecule has 4 nitrogen and oxygen atoms in total. The van der Waals surface area contributed by atoms with Gasteiger partial charge < -0.3 is 10.5 Å². The summed E-state index contributed by atoms with van der Waals surface area (Å²) in [6, 6.07) is 25.8. The molecular formula is C22H20BrN3OS. The van der Waals surface area contributed by atoms with Crippen LogP contribution >= 0.6 is 27.7 Å². The standard InChI is InChI=1S/C22H20BrN3OS/c23-21-9-5-4-8-19(21)15-27-20-12-10-17(11-13-20)14-25-26-22(24)28-16-18-6-2-1-3-7-18/h1-14H,15-16H2,(H2,24,26). The number of hydrogen-bond acceptors (Lipinski definition) is 4. The minimum Gasteiger partial charge on any atom is -0.489 e. The summed E-state index contributed by atoms with van der Waals surface area (Å²) in [5, 5.41) is 8.53. The van der Waals surface area contributed by atoms with E-state index in [9.17, 15) is 0 Å². The van der Waals surface area contributed by atoms with Crippen molar-refractivity contribution < 1.29 is 4.74 Å². The molecule has 3 aromatic carbocycles. The van der Waals surface area contributed by atoms with Gasteiger partial charge in [-0.05, 0) is 41.5 Å². The molecule has 3 rings (SSSR count). The number of halogens is 1. The summed E-state index contributed by atoms with van der Waals surface area (Å²) in [6.07, 6.45) is 1.67. The SMILES string of the molecule is NC(=NN=Cc1ccc(OCc2ccccc2Br)cc1)SCc1ccccc1. The average molecular weight is 454 g/mol. The van der Waals surface area contributed by atoms with E-state index < -0.39 is 0 Å². The lowest BCUT2D eigenvalue weighted by molar-refractivity contribution is 0.305. The Bertz CT molecular complexity index is 944. The molecule has 2 N–H and O–H groups in total. The fourth-order valence-corrected chi connectivity index (χ4v) is 3.35. The van der Waals surface area contributed by atoms with Gasteiger partial charge in [-0.15, -0.1) is 5.10 Å². The van der Waals surface area contributed by atoms with Crippen molar-refractivity contribution in [3.05, 3.63) is 100 Å². The Morgan fingerprint density at radius 1 is 0.964 bits per heavy atom. The summed E-state index contributed by atoms with van der Waals surface area (Å²) in [5.74, 6) is 1.57. The van der Waals surface area contributed by atoms with E-state index in [-0.39, 0.29) is 0 Å². The lowest BCUT2D eigenvalue weighted by Crippen LogP contribution is -2.05. The molecule has 0 aliphatic rings. The number of amidine groups is 1. The van der Waals surface area contributed by atoms with Crippen LogP contribution in [-0.4, -0.2) is 11.4 Å². The number of nitrogens with zero attached hydrogens (tertiary/aromatic N) is 2. The molecule has 0 aliphatic carbocycles. The van der Waals surface area contributed by atoms with Gasteiger partial charge in [-0.2, -0.15) is 5.10 Å². The second-order valence-electron chi connectivity index (χ2n) is 5.91. The Labute approximate surface area is 177 Å². The molecule has 0 unspecified atom stereocenters. The topological polar surface area (TPSA) is 60.0 Å². The third-order valence-electron chi connectivity index (χ3n) is 3.82. The van der Waals surface area contributed by atoms with Crippen LogP contribution in [0.25, 0.3) is 0 Å². The summed E-state index contributed by atoms with van der Waals surface area (Å²) in [5.41, 5.74) is 9.13. The largest absolute Gasteiger partial charge is 0.489 e. The minimum atomic E-state index is 0.438. The van der Waals surface area contributed by atoms with Crippen molar-refractivity contribution in [3.8, 4) is 5.75 Å². The molecule has 142 valence electrons. The second kappa shape index (κ2) is 10.7. The Hall–Kier alpha value is -2.57. The smallest absolute Gasteiger partial charge is 0.180 e. The highest BCUT2D eigenvalue weighted by atomic mass is 79.9. The van der Waals surface area contributed by atoms with E-state index in [1.165, 1.54) is 17.3 Å². The minimum absolute atomic E-state index is 0.438. The van der Waals surface area contributed by atoms with Crippen molar-refractivity contribution in [3.63, 3.8) is 0 Å². The second-order valence-corrected chi connectivity index (χ2v) is 7.76. The van der Waals surface area contributed by atoms with Gasteiger partial charge in [0.15, 0.2) is 5.17 Å². The van der Waals surface area contributed by atoms with E-state index >= 15 is 0 Å². The van der Waals surface area contributed by atoms with Crippen molar-refractivity contribution in [1.82, 2.24) is 0 Å². The molecule has 6 heteroatoms. The number of hydrogen-bond donors (Lipinski definition) is 1. The van der Waals surface area contributed by atoms with Crippen LogP contribution in [0.3, 0.4) is 0 Å². The maximum atomic E-state index is 5.89. The lowest BCUT2D eigenvalue weighted by atomic mass is 10.2. The summed E-state index contributed by atoms with van der Waals surface area (Å²) in [6.45, 7) is 0.508. The molecule has 0 heterocycles. The lowest BCUT2D eigenvalue weighted by Gasteiger charge is -2.07. The number of thioether (sulfide) groups is 1. The van der Waals surface area contributed by atoms with Gasteiger partial charge in [0.1, 0.15) is 12.4 Å². The molecule has 0 saturated heterocycles. The Morgan fingerprint density at radius 2 is 1.68 bits per heavy atom. The number of nitrogens with two attached hydrogens (primary N) is 1. The zero-order chi connectivity index (χ0) is 19.6. The van der Waals surface area contributed by atoms with Gasteiger partial charge in [-0.25, -0.2) is 0 Å². The predicted octanol–water partition coefficient (Wildman–Crippen LogP) is 5.61. The van der Waals surface area contributed by atoms with Gasteiger partial charge in [0.05, 0.1) is 6.21 Å². The summed E-state index contributed by atoms with van der Waals surface area (Å²) in [4.78, 5) is 0. The first-order valence-electron chi connectivity index (χ1n) is 8.70. The fourth-order valence-electron chi connectivity index (χ4n) is 2.34. The van der Waals surface area contributed by atoms with Crippen LogP contribution in [-0.2, 0) is 12.4 Å². The zero-order valence-corrected chi connectivity index (χ0v) is 17.6. The molecule has 28 heavy (non-hydrogen) atoms. The van der Waals surface area contributed by atoms with Crippen LogP contribution in [0.2, 0.25) is 0 Å². The number of benzene rings is 3. The van der Waals surface area contributed by atoms with E-state index in [4.69, 9.17) is 10.5 Å². The zero-order valence-electron chi connectivity index (χ0n) is 15.2. The third-order valence-corrected chi connectivity index (χ3v) is 5.45. The Balaban J connectivity index is 1.48. The molecule has 0 spiro atoms. The first-order chi connectivity index (χ1) is 13.7. The summed E-state index contributed by atoms with van der Waals surface area (Å²) in [7, 11) is 0. The monoisotopic (exact) mass is 453 g/mol. The maximum absolute atomic E-state index is 5.89. The van der Waals surface area contributed by atoms with Crippen molar-refractivity contribution in [2.24, 2.45) is 15.9 Å². The van der Waals surface area contributed by atoms with Crippen molar-refractivity contribution in [2.75, 3.05) is 0 Å². The first-order valence-corrected chi connectivity index (χ1v) is 10.5. The van der Waals surface area contributed by atoms with Gasteiger partial charge in [0, 0.05) is 15.8 Å². The molecule has 0 atom stereocenters. The third kappa shape index (κ3) is 6.55. The quantitative estimate of drug-likeness (QED) is 0.287. The van der Waals surface area contributed by atoms with Crippen molar-refractivity contribution in [2.45, 2.75) is 12.4 Å². The highest BCUT2D eigenvalue weighted by molar-refractivity contribution is 9.10. The first kappa shape index (κ1) is 20.2. The molecular weight excluding hydrogens is 434 g/mol. The fraction of sp³-hybridized carbons (Fsp3) is 0.0909. The van der Waals surface area contributed by atoms with Gasteiger partial charge in [-0.1, -0.05) is 76.2 Å². The van der Waals surface area contributed by atoms with Crippen LogP contribution in [0.15, 0.2) is 93.5 Å². The van der Waals surface area contributed by atoms with Gasteiger partial charge in [0.25, 0.3) is 0 Å².